The average molecular weight is 339 g/mol. The van der Waals surface area contributed by atoms with E-state index in [4.69, 9.17) is 31.1 Å². The Morgan fingerprint density at radius 2 is 2.04 bits per heavy atom. The lowest BCUT2D eigenvalue weighted by molar-refractivity contribution is -0.127. The van der Waals surface area contributed by atoms with Gasteiger partial charge in [0, 0.05) is 6.57 Å². The molecule has 0 saturated carbocycles. The number of aromatic nitrogens is 1. The summed E-state index contributed by atoms with van der Waals surface area (Å²) in [5, 5.41) is 31.7. The van der Waals surface area contributed by atoms with E-state index in [9.17, 15) is 0 Å². The summed E-state index contributed by atoms with van der Waals surface area (Å²) >= 11 is 0. The summed E-state index contributed by atoms with van der Waals surface area (Å²) in [6.07, 6.45) is 1.80. The molecule has 1 aromatic heterocycles. The Labute approximate surface area is 141 Å². The number of hydrogen-bond donors (Lipinski definition) is 5. The third-order valence-corrected chi connectivity index (χ3v) is 3.29. The number of nitrogens with two attached hydrogens (primary N) is 1. The minimum absolute atomic E-state index is 0.0271. The Kier molecular flexibility index (Phi) is 7.18. The summed E-state index contributed by atoms with van der Waals surface area (Å²) in [7, 11) is 0. The molecule has 134 valence electrons. The first-order valence-electron chi connectivity index (χ1n) is 7.52. The molecule has 0 radical (unpaired) electrons. The highest BCUT2D eigenvalue weighted by Gasteiger charge is 2.29. The molecule has 2 unspecified atom stereocenters. The summed E-state index contributed by atoms with van der Waals surface area (Å²) in [4.78, 5) is 4.12. The molecule has 0 amide bonds. The van der Waals surface area contributed by atoms with Crippen LogP contribution in [0, 0.1) is 11.8 Å². The maximum atomic E-state index is 9.08. The number of hydrogen-bond acceptors (Lipinski definition) is 8. The van der Waals surface area contributed by atoms with E-state index in [0.29, 0.717) is 12.5 Å². The maximum Gasteiger partial charge on any atom is 0.156 e. The molecule has 0 bridgehead atoms. The van der Waals surface area contributed by atoms with Crippen LogP contribution in [0.25, 0.3) is 0 Å². The highest BCUT2D eigenvalue weighted by molar-refractivity contribution is 5.96. The van der Waals surface area contributed by atoms with Crippen LogP contribution in [-0.4, -0.2) is 51.0 Å². The van der Waals surface area contributed by atoms with E-state index < -0.39 is 5.79 Å². The van der Waals surface area contributed by atoms with Crippen molar-refractivity contribution in [3.05, 3.63) is 23.5 Å². The number of aliphatic hydroxyl groups excluding tert-OH is 1. The van der Waals surface area contributed by atoms with E-state index in [2.05, 4.69) is 17.0 Å². The summed E-state index contributed by atoms with van der Waals surface area (Å²) in [6.45, 7) is 6.66. The number of nitriles is 1. The summed E-state index contributed by atoms with van der Waals surface area (Å²) < 4.78 is 7.70. The Hall–Kier alpha value is -2.12. The van der Waals surface area contributed by atoms with Crippen molar-refractivity contribution in [2.45, 2.75) is 44.7 Å². The standard InChI is InChI=1S/C11H16N4O2.C3H8O2.CHN/c12-11-9-3-2-8(15(9)14-6-13-11)10-4-1-7(5-16)17-10;1-3(2,4)5;1-2/h2-3,7,10,14,16H,1,4-6H2,(H2,12,13);4-5H,1-2H3;1H. The lowest BCUT2D eigenvalue weighted by Crippen LogP contribution is -2.32. The number of nitrogens with zero attached hydrogens (tertiary/aromatic N) is 3. The van der Waals surface area contributed by atoms with Crippen molar-refractivity contribution in [1.29, 1.82) is 5.26 Å². The number of fused-ring (bicyclic) bond motifs is 1. The fourth-order valence-electron chi connectivity index (χ4n) is 2.41. The molecule has 0 spiro atoms. The predicted octanol–water partition coefficient (Wildman–Crippen LogP) is -0.233. The quantitative estimate of drug-likeness (QED) is 0.467. The van der Waals surface area contributed by atoms with E-state index in [1.54, 1.807) is 0 Å². The molecule has 0 aliphatic carbocycles. The second-order valence-corrected chi connectivity index (χ2v) is 5.84. The van der Waals surface area contributed by atoms with Gasteiger partial charge in [0.25, 0.3) is 0 Å². The zero-order chi connectivity index (χ0) is 18.3. The molecule has 6 N–H and O–H groups in total. The molecule has 3 rings (SSSR count). The number of nitrogens with one attached hydrogen (secondary N) is 1. The molecule has 1 aromatic rings. The molecule has 3 heterocycles. The number of rotatable bonds is 2. The van der Waals surface area contributed by atoms with Gasteiger partial charge in [0.15, 0.2) is 5.79 Å². The molecule has 9 nitrogen and oxygen atoms in total. The summed E-state index contributed by atoms with van der Waals surface area (Å²) in [5.74, 6) is -0.952. The van der Waals surface area contributed by atoms with Gasteiger partial charge in [-0.05, 0) is 38.8 Å². The molecule has 2 aliphatic rings. The van der Waals surface area contributed by atoms with Crippen LogP contribution in [0.15, 0.2) is 17.1 Å². The topological polar surface area (TPSA) is 149 Å². The first-order chi connectivity index (χ1) is 11.3. The van der Waals surface area contributed by atoms with E-state index in [-0.39, 0.29) is 18.8 Å². The molecule has 2 aliphatic heterocycles. The van der Waals surface area contributed by atoms with Crippen LogP contribution in [0.3, 0.4) is 0 Å². The number of aliphatic hydroxyl groups is 3. The third-order valence-electron chi connectivity index (χ3n) is 3.29. The lowest BCUT2D eigenvalue weighted by Gasteiger charge is -2.21. The highest BCUT2D eigenvalue weighted by atomic mass is 16.5. The smallest absolute Gasteiger partial charge is 0.156 e. The van der Waals surface area contributed by atoms with E-state index in [0.717, 1.165) is 24.2 Å². The van der Waals surface area contributed by atoms with Gasteiger partial charge in [-0.2, -0.15) is 0 Å². The van der Waals surface area contributed by atoms with Crippen LogP contribution >= 0.6 is 0 Å². The van der Waals surface area contributed by atoms with Crippen molar-refractivity contribution < 1.29 is 20.1 Å². The molecular weight excluding hydrogens is 314 g/mol. The predicted molar refractivity (Wildman–Crippen MR) is 88.5 cm³/mol. The monoisotopic (exact) mass is 339 g/mol. The van der Waals surface area contributed by atoms with Crippen LogP contribution in [0.2, 0.25) is 0 Å². The Morgan fingerprint density at radius 3 is 2.58 bits per heavy atom. The third kappa shape index (κ3) is 5.50. The van der Waals surface area contributed by atoms with Crippen molar-refractivity contribution in [1.82, 2.24) is 4.68 Å². The maximum absolute atomic E-state index is 9.08. The molecular formula is C15H25N5O4. The highest BCUT2D eigenvalue weighted by Crippen LogP contribution is 2.33. The minimum atomic E-state index is -1.50. The minimum Gasteiger partial charge on any atom is -0.394 e. The fourth-order valence-corrected chi connectivity index (χ4v) is 2.41. The van der Waals surface area contributed by atoms with Crippen LogP contribution in [0.5, 0.6) is 0 Å². The molecule has 1 fully saturated rings. The first-order valence-corrected chi connectivity index (χ1v) is 7.52. The SMILES string of the molecule is C#N.CC(C)(O)O.NC1=NCNn2c1ccc2C1CCC(CO)O1. The second-order valence-electron chi connectivity index (χ2n) is 5.84. The molecule has 9 heteroatoms. The van der Waals surface area contributed by atoms with Gasteiger partial charge < -0.3 is 31.2 Å². The normalized spacial score (nSPS) is 22.0. The van der Waals surface area contributed by atoms with Crippen molar-refractivity contribution in [3.8, 4) is 6.57 Å². The molecule has 2 atom stereocenters. The van der Waals surface area contributed by atoms with E-state index in [1.165, 1.54) is 13.8 Å². The van der Waals surface area contributed by atoms with Gasteiger partial charge in [0.2, 0.25) is 0 Å². The van der Waals surface area contributed by atoms with Gasteiger partial charge in [-0.1, -0.05) is 0 Å². The van der Waals surface area contributed by atoms with Gasteiger partial charge in [-0.25, -0.2) is 10.3 Å². The zero-order valence-electron chi connectivity index (χ0n) is 13.9. The molecule has 24 heavy (non-hydrogen) atoms. The molecule has 1 saturated heterocycles. The van der Waals surface area contributed by atoms with Crippen molar-refractivity contribution >= 4 is 5.84 Å². The largest absolute Gasteiger partial charge is 0.394 e. The van der Waals surface area contributed by atoms with Gasteiger partial charge in [0.05, 0.1) is 24.5 Å². The van der Waals surface area contributed by atoms with Gasteiger partial charge in [-0.15, -0.1) is 0 Å². The summed E-state index contributed by atoms with van der Waals surface area (Å²) in [5.41, 5.74) is 10.9. The van der Waals surface area contributed by atoms with Gasteiger partial charge in [-0.3, -0.25) is 4.68 Å². The Morgan fingerprint density at radius 1 is 1.42 bits per heavy atom. The Balaban J connectivity index is 0.000000356. The average Bonchev–Trinajstić information content (AvgIpc) is 3.14. The number of aliphatic imine (C=N–C) groups is 1. The van der Waals surface area contributed by atoms with E-state index in [1.807, 2.05) is 16.8 Å². The van der Waals surface area contributed by atoms with Crippen LogP contribution in [0.1, 0.15) is 44.2 Å². The number of amidine groups is 1. The fraction of sp³-hybridized carbons (Fsp3) is 0.600. The van der Waals surface area contributed by atoms with E-state index >= 15 is 0 Å². The van der Waals surface area contributed by atoms with Crippen molar-refractivity contribution in [2.24, 2.45) is 10.7 Å². The lowest BCUT2D eigenvalue weighted by atomic mass is 10.1. The first kappa shape index (κ1) is 19.9. The van der Waals surface area contributed by atoms with Crippen molar-refractivity contribution in [2.75, 3.05) is 18.7 Å². The summed E-state index contributed by atoms with van der Waals surface area (Å²) in [6, 6.07) is 3.94. The molecule has 0 aromatic carbocycles. The zero-order valence-corrected chi connectivity index (χ0v) is 13.9. The van der Waals surface area contributed by atoms with Crippen LogP contribution in [0.4, 0.5) is 0 Å². The van der Waals surface area contributed by atoms with Crippen molar-refractivity contribution in [3.63, 3.8) is 0 Å². The van der Waals surface area contributed by atoms with Crippen LogP contribution < -0.4 is 11.2 Å². The second kappa shape index (κ2) is 8.65. The number of ether oxygens (including phenoxy) is 1. The Bertz CT molecular complexity index is 570. The van der Waals surface area contributed by atoms with Gasteiger partial charge >= 0.3 is 0 Å². The van der Waals surface area contributed by atoms with Gasteiger partial charge in [0.1, 0.15) is 18.2 Å². The van der Waals surface area contributed by atoms with Crippen LogP contribution in [-0.2, 0) is 4.74 Å².